The SMILES string of the molecule is CC(=O)Nc1ccc2c(c1)c(-c1ccccc1)[n+](C)c1cc(N=NNc3cccc(C(=N)N)c3)ccc21. The van der Waals surface area contributed by atoms with Gasteiger partial charge < -0.3 is 11.1 Å². The third-order valence-corrected chi connectivity index (χ3v) is 6.13. The van der Waals surface area contributed by atoms with Crippen LogP contribution in [0.5, 0.6) is 0 Å². The van der Waals surface area contributed by atoms with Crippen LogP contribution < -0.4 is 21.0 Å². The number of nitrogens with zero attached hydrogens (tertiary/aromatic N) is 3. The molecule has 1 aromatic heterocycles. The van der Waals surface area contributed by atoms with Gasteiger partial charge >= 0.3 is 0 Å². The topological polar surface area (TPSA) is 120 Å². The van der Waals surface area contributed by atoms with Crippen molar-refractivity contribution in [1.29, 1.82) is 5.41 Å². The Hall–Kier alpha value is -5.11. The van der Waals surface area contributed by atoms with E-state index in [1.165, 1.54) is 6.92 Å². The molecule has 5 aromatic rings. The van der Waals surface area contributed by atoms with E-state index in [0.29, 0.717) is 16.9 Å². The molecule has 8 heteroatoms. The maximum Gasteiger partial charge on any atom is 0.221 e. The summed E-state index contributed by atoms with van der Waals surface area (Å²) < 4.78 is 2.15. The van der Waals surface area contributed by atoms with Crippen molar-refractivity contribution in [2.45, 2.75) is 6.92 Å². The lowest BCUT2D eigenvalue weighted by atomic mass is 9.98. The Kier molecular flexibility index (Phi) is 6.30. The molecule has 0 saturated carbocycles. The minimum absolute atomic E-state index is 0.00624. The summed E-state index contributed by atoms with van der Waals surface area (Å²) in [5, 5.41) is 22.2. The number of aromatic nitrogens is 1. The van der Waals surface area contributed by atoms with Crippen LogP contribution in [0.4, 0.5) is 17.1 Å². The monoisotopic (exact) mass is 488 g/mol. The fourth-order valence-electron chi connectivity index (χ4n) is 4.49. The predicted octanol–water partition coefficient (Wildman–Crippen LogP) is 5.84. The lowest BCUT2D eigenvalue weighted by Gasteiger charge is -2.11. The normalized spacial score (nSPS) is 11.2. The third-order valence-electron chi connectivity index (χ3n) is 6.13. The van der Waals surface area contributed by atoms with E-state index >= 15 is 0 Å². The number of benzene rings is 4. The summed E-state index contributed by atoms with van der Waals surface area (Å²) in [5.74, 6) is -0.115. The predicted molar refractivity (Wildman–Crippen MR) is 148 cm³/mol. The summed E-state index contributed by atoms with van der Waals surface area (Å²) in [6.45, 7) is 1.51. The fourth-order valence-corrected chi connectivity index (χ4v) is 4.49. The molecule has 0 fully saturated rings. The number of hydrogen-bond acceptors (Lipinski definition) is 4. The summed E-state index contributed by atoms with van der Waals surface area (Å²) >= 11 is 0. The number of pyridine rings is 1. The lowest BCUT2D eigenvalue weighted by molar-refractivity contribution is -0.632. The average molecular weight is 489 g/mol. The first-order valence-electron chi connectivity index (χ1n) is 11.7. The second-order valence-electron chi connectivity index (χ2n) is 8.72. The molecule has 37 heavy (non-hydrogen) atoms. The van der Waals surface area contributed by atoms with Gasteiger partial charge in [-0.25, -0.2) is 0 Å². The summed E-state index contributed by atoms with van der Waals surface area (Å²) in [5.41, 5.74) is 14.3. The highest BCUT2D eigenvalue weighted by molar-refractivity contribution is 6.10. The van der Waals surface area contributed by atoms with Gasteiger partial charge in [0.05, 0.1) is 22.1 Å². The van der Waals surface area contributed by atoms with Crippen molar-refractivity contribution in [3.63, 3.8) is 0 Å². The molecule has 0 bridgehead atoms. The quantitative estimate of drug-likeness (QED) is 0.0600. The Labute approximate surface area is 214 Å². The van der Waals surface area contributed by atoms with Gasteiger partial charge in [0.25, 0.3) is 0 Å². The second kappa shape index (κ2) is 9.87. The van der Waals surface area contributed by atoms with Crippen LogP contribution in [0, 0.1) is 5.41 Å². The number of nitrogen functional groups attached to an aromatic ring is 1. The van der Waals surface area contributed by atoms with E-state index in [-0.39, 0.29) is 11.7 Å². The first kappa shape index (κ1) is 23.6. The van der Waals surface area contributed by atoms with Gasteiger partial charge in [-0.2, -0.15) is 4.57 Å². The van der Waals surface area contributed by atoms with E-state index in [1.54, 1.807) is 18.2 Å². The van der Waals surface area contributed by atoms with Gasteiger partial charge in [-0.1, -0.05) is 41.6 Å². The Morgan fingerprint density at radius 1 is 0.865 bits per heavy atom. The molecule has 4 aromatic carbocycles. The summed E-state index contributed by atoms with van der Waals surface area (Å²) in [6, 6.07) is 29.3. The van der Waals surface area contributed by atoms with Gasteiger partial charge in [-0.3, -0.25) is 15.6 Å². The van der Waals surface area contributed by atoms with Crippen molar-refractivity contribution >= 4 is 50.5 Å². The number of amidine groups is 1. The molecule has 0 spiro atoms. The number of rotatable bonds is 6. The molecule has 0 radical (unpaired) electrons. The van der Waals surface area contributed by atoms with Crippen molar-refractivity contribution in [2.75, 3.05) is 10.7 Å². The van der Waals surface area contributed by atoms with Crippen molar-refractivity contribution in [3.8, 4) is 11.3 Å². The largest absolute Gasteiger partial charge is 0.384 e. The van der Waals surface area contributed by atoms with Crippen molar-refractivity contribution < 1.29 is 9.36 Å². The average Bonchev–Trinajstić information content (AvgIpc) is 2.89. The van der Waals surface area contributed by atoms with Crippen LogP contribution in [0.1, 0.15) is 12.5 Å². The lowest BCUT2D eigenvalue weighted by Crippen LogP contribution is -2.32. The molecular weight excluding hydrogens is 462 g/mol. The first-order chi connectivity index (χ1) is 17.9. The van der Waals surface area contributed by atoms with E-state index < -0.39 is 0 Å². The molecule has 0 aliphatic heterocycles. The number of fused-ring (bicyclic) bond motifs is 3. The first-order valence-corrected chi connectivity index (χ1v) is 11.7. The Bertz CT molecular complexity index is 1690. The van der Waals surface area contributed by atoms with E-state index in [2.05, 4.69) is 37.8 Å². The Morgan fingerprint density at radius 3 is 2.41 bits per heavy atom. The highest BCUT2D eigenvalue weighted by atomic mass is 16.1. The van der Waals surface area contributed by atoms with Gasteiger partial charge in [0.2, 0.25) is 17.1 Å². The fraction of sp³-hybridized carbons (Fsp3) is 0.0690. The summed E-state index contributed by atoms with van der Waals surface area (Å²) in [7, 11) is 2.03. The van der Waals surface area contributed by atoms with Crippen molar-refractivity contribution in [3.05, 3.63) is 96.6 Å². The molecule has 0 aliphatic carbocycles. The minimum Gasteiger partial charge on any atom is -0.384 e. The van der Waals surface area contributed by atoms with E-state index in [4.69, 9.17) is 11.1 Å². The highest BCUT2D eigenvalue weighted by Gasteiger charge is 2.21. The molecule has 1 amide bonds. The molecule has 0 atom stereocenters. The number of hydrogen-bond donors (Lipinski definition) is 4. The number of carbonyl (C=O) groups is 1. The highest BCUT2D eigenvalue weighted by Crippen LogP contribution is 2.34. The maximum atomic E-state index is 11.7. The second-order valence-corrected chi connectivity index (χ2v) is 8.72. The molecule has 0 aliphatic rings. The summed E-state index contributed by atoms with van der Waals surface area (Å²) in [4.78, 5) is 11.7. The van der Waals surface area contributed by atoms with Crippen LogP contribution >= 0.6 is 0 Å². The third kappa shape index (κ3) is 4.85. The molecule has 5 N–H and O–H groups in total. The molecular formula is C29H26N7O+. The van der Waals surface area contributed by atoms with E-state index in [9.17, 15) is 4.79 Å². The zero-order valence-electron chi connectivity index (χ0n) is 20.5. The standard InChI is InChI=1S/C29H25N7O/c1-18(37)32-21-11-13-24-25-14-12-23(34-35-33-22-10-6-9-20(15-22)29(30)31)17-27(25)36(2)28(26(24)16-21)19-7-4-3-5-8-19/h3-17H,1-2H3,(H4,30,31,32,37)/p+1. The number of nitrogens with one attached hydrogen (secondary N) is 3. The molecule has 182 valence electrons. The molecule has 0 unspecified atom stereocenters. The number of amides is 1. The van der Waals surface area contributed by atoms with E-state index in [0.717, 1.165) is 38.6 Å². The van der Waals surface area contributed by atoms with Crippen molar-refractivity contribution in [2.24, 2.45) is 23.1 Å². The molecule has 0 saturated heterocycles. The smallest absolute Gasteiger partial charge is 0.221 e. The zero-order valence-corrected chi connectivity index (χ0v) is 20.5. The maximum absolute atomic E-state index is 11.7. The van der Waals surface area contributed by atoms with Gasteiger partial charge in [0.1, 0.15) is 12.9 Å². The van der Waals surface area contributed by atoms with Gasteiger partial charge in [0, 0.05) is 35.2 Å². The number of nitrogens with two attached hydrogens (primary N) is 1. The minimum atomic E-state index is -0.109. The van der Waals surface area contributed by atoms with Crippen LogP contribution in [0.2, 0.25) is 0 Å². The molecule has 8 nitrogen and oxygen atoms in total. The Morgan fingerprint density at radius 2 is 1.65 bits per heavy atom. The summed E-state index contributed by atoms with van der Waals surface area (Å²) in [6.07, 6.45) is 0. The van der Waals surface area contributed by atoms with Crippen LogP contribution in [-0.2, 0) is 11.8 Å². The zero-order chi connectivity index (χ0) is 25.9. The number of aryl methyl sites for hydroxylation is 1. The van der Waals surface area contributed by atoms with Crippen LogP contribution in [0.25, 0.3) is 32.9 Å². The number of carbonyl (C=O) groups excluding carboxylic acids is 1. The molecule has 1 heterocycles. The molecule has 5 rings (SSSR count). The number of anilines is 2. The van der Waals surface area contributed by atoms with Gasteiger partial charge in [0.15, 0.2) is 0 Å². The van der Waals surface area contributed by atoms with Gasteiger partial charge in [-0.05, 0) is 48.5 Å². The van der Waals surface area contributed by atoms with Crippen LogP contribution in [0.3, 0.4) is 0 Å². The van der Waals surface area contributed by atoms with Crippen LogP contribution in [-0.4, -0.2) is 11.7 Å². The van der Waals surface area contributed by atoms with E-state index in [1.807, 2.05) is 67.7 Å². The van der Waals surface area contributed by atoms with Crippen LogP contribution in [0.15, 0.2) is 101 Å². The Balaban J connectivity index is 1.60. The van der Waals surface area contributed by atoms with Crippen molar-refractivity contribution in [1.82, 2.24) is 0 Å². The van der Waals surface area contributed by atoms with Gasteiger partial charge in [-0.15, -0.1) is 5.11 Å².